The van der Waals surface area contributed by atoms with Gasteiger partial charge in [-0.25, -0.2) is 0 Å². The molecule has 1 amide bonds. The van der Waals surface area contributed by atoms with E-state index in [4.69, 9.17) is 14.2 Å². The van der Waals surface area contributed by atoms with Crippen molar-refractivity contribution in [2.75, 3.05) is 34.0 Å². The number of hydrogen-bond donors (Lipinski definition) is 1. The molecule has 1 fully saturated rings. The van der Waals surface area contributed by atoms with Crippen molar-refractivity contribution in [3.8, 4) is 11.5 Å². The van der Waals surface area contributed by atoms with E-state index in [1.165, 1.54) is 5.56 Å². The Morgan fingerprint density at radius 2 is 1.86 bits per heavy atom. The van der Waals surface area contributed by atoms with Gasteiger partial charge in [0.1, 0.15) is 6.10 Å². The Bertz CT molecular complexity index is 821. The average Bonchev–Trinajstić information content (AvgIpc) is 2.78. The lowest BCUT2D eigenvalue weighted by atomic mass is 9.96. The first kappa shape index (κ1) is 21.1. The molecular formula is C23H29NO5. The number of rotatable bonds is 7. The molecule has 0 aliphatic carbocycles. The van der Waals surface area contributed by atoms with Crippen molar-refractivity contribution in [3.05, 3.63) is 59.2 Å². The van der Waals surface area contributed by atoms with Gasteiger partial charge in [-0.3, -0.25) is 4.79 Å². The van der Waals surface area contributed by atoms with Crippen LogP contribution in [0.4, 0.5) is 0 Å². The van der Waals surface area contributed by atoms with E-state index in [2.05, 4.69) is 6.92 Å². The number of carbonyl (C=O) groups is 1. The first-order chi connectivity index (χ1) is 14.1. The van der Waals surface area contributed by atoms with Crippen molar-refractivity contribution in [1.82, 2.24) is 4.90 Å². The topological polar surface area (TPSA) is 68.2 Å². The number of morpholine rings is 1. The van der Waals surface area contributed by atoms with Crippen LogP contribution in [0.1, 0.15) is 40.9 Å². The van der Waals surface area contributed by atoms with Gasteiger partial charge in [0, 0.05) is 12.1 Å². The largest absolute Gasteiger partial charge is 0.493 e. The Kier molecular flexibility index (Phi) is 7.12. The van der Waals surface area contributed by atoms with Crippen LogP contribution in [-0.2, 0) is 11.2 Å². The number of aliphatic hydroxyl groups excluding tert-OH is 1. The van der Waals surface area contributed by atoms with Crippen LogP contribution in [0, 0.1) is 0 Å². The van der Waals surface area contributed by atoms with E-state index < -0.39 is 12.1 Å². The normalized spacial score (nSPS) is 19.1. The summed E-state index contributed by atoms with van der Waals surface area (Å²) < 4.78 is 16.5. The zero-order valence-corrected chi connectivity index (χ0v) is 17.3. The molecule has 1 N–H and O–H groups in total. The summed E-state index contributed by atoms with van der Waals surface area (Å²) in [4.78, 5) is 15.1. The van der Waals surface area contributed by atoms with Gasteiger partial charge in [-0.05, 0) is 41.8 Å². The van der Waals surface area contributed by atoms with E-state index in [1.807, 2.05) is 36.4 Å². The second-order valence-corrected chi connectivity index (χ2v) is 7.10. The second kappa shape index (κ2) is 9.76. The molecular weight excluding hydrogens is 370 g/mol. The summed E-state index contributed by atoms with van der Waals surface area (Å²) in [6, 6.07) is 12.9. The Morgan fingerprint density at radius 3 is 2.48 bits per heavy atom. The minimum Gasteiger partial charge on any atom is -0.493 e. The van der Waals surface area contributed by atoms with Crippen LogP contribution in [0.2, 0.25) is 0 Å². The second-order valence-electron chi connectivity index (χ2n) is 7.10. The molecule has 2 aromatic rings. The molecule has 0 aromatic heterocycles. The van der Waals surface area contributed by atoms with Crippen molar-refractivity contribution in [2.45, 2.75) is 31.9 Å². The standard InChI is InChI=1S/C23H29NO5/c1-4-5-16-6-8-17(9-7-16)23(26)24-12-13-29-21(15-25)22(24)18-10-11-19(27-2)20(14-18)28-3/h6-11,14,21-22,25H,4-5,12-13,15H2,1-3H3/t21-,22-/m1/s1. The van der Waals surface area contributed by atoms with E-state index in [0.717, 1.165) is 18.4 Å². The molecule has 3 rings (SSSR count). The van der Waals surface area contributed by atoms with Gasteiger partial charge >= 0.3 is 0 Å². The minimum absolute atomic E-state index is 0.0745. The van der Waals surface area contributed by atoms with E-state index in [-0.39, 0.29) is 12.5 Å². The molecule has 1 aliphatic rings. The van der Waals surface area contributed by atoms with Crippen LogP contribution in [-0.4, -0.2) is 56.0 Å². The van der Waals surface area contributed by atoms with Crippen molar-refractivity contribution >= 4 is 5.91 Å². The van der Waals surface area contributed by atoms with Gasteiger partial charge in [-0.15, -0.1) is 0 Å². The first-order valence-electron chi connectivity index (χ1n) is 9.97. The maximum atomic E-state index is 13.3. The number of amides is 1. The highest BCUT2D eigenvalue weighted by Gasteiger charge is 2.37. The summed E-state index contributed by atoms with van der Waals surface area (Å²) in [6.45, 7) is 2.79. The zero-order valence-electron chi connectivity index (χ0n) is 17.3. The third kappa shape index (κ3) is 4.54. The van der Waals surface area contributed by atoms with Crippen LogP contribution in [0.5, 0.6) is 11.5 Å². The number of nitrogens with zero attached hydrogens (tertiary/aromatic N) is 1. The van der Waals surface area contributed by atoms with Gasteiger partial charge < -0.3 is 24.2 Å². The summed E-state index contributed by atoms with van der Waals surface area (Å²) in [5, 5.41) is 9.90. The number of benzene rings is 2. The molecule has 0 unspecified atom stereocenters. The third-order valence-corrected chi connectivity index (χ3v) is 5.28. The number of aliphatic hydroxyl groups is 1. The zero-order chi connectivity index (χ0) is 20.8. The van der Waals surface area contributed by atoms with Gasteiger partial charge in [-0.1, -0.05) is 31.5 Å². The van der Waals surface area contributed by atoms with Crippen molar-refractivity contribution in [2.24, 2.45) is 0 Å². The SMILES string of the molecule is CCCc1ccc(C(=O)N2CCO[C@H](CO)[C@H]2c2ccc(OC)c(OC)c2)cc1. The van der Waals surface area contributed by atoms with Crippen LogP contribution in [0.3, 0.4) is 0 Å². The molecule has 2 atom stereocenters. The van der Waals surface area contributed by atoms with Crippen LogP contribution in [0.25, 0.3) is 0 Å². The molecule has 1 saturated heterocycles. The summed E-state index contributed by atoms with van der Waals surface area (Å²) >= 11 is 0. The fourth-order valence-corrected chi connectivity index (χ4v) is 3.81. The molecule has 0 saturated carbocycles. The highest BCUT2D eigenvalue weighted by Crippen LogP contribution is 2.36. The van der Waals surface area contributed by atoms with E-state index in [9.17, 15) is 9.90 Å². The molecule has 29 heavy (non-hydrogen) atoms. The van der Waals surface area contributed by atoms with Crippen LogP contribution in [0.15, 0.2) is 42.5 Å². The third-order valence-electron chi connectivity index (χ3n) is 5.28. The van der Waals surface area contributed by atoms with Crippen molar-refractivity contribution < 1.29 is 24.1 Å². The molecule has 0 radical (unpaired) electrons. The summed E-state index contributed by atoms with van der Waals surface area (Å²) in [6.07, 6.45) is 1.55. The van der Waals surface area contributed by atoms with E-state index in [0.29, 0.717) is 30.2 Å². The van der Waals surface area contributed by atoms with Gasteiger partial charge in [0.15, 0.2) is 11.5 Å². The fraction of sp³-hybridized carbons (Fsp3) is 0.435. The van der Waals surface area contributed by atoms with Crippen LogP contribution >= 0.6 is 0 Å². The molecule has 156 valence electrons. The predicted octanol–water partition coefficient (Wildman–Crippen LogP) is 3.23. The lowest BCUT2D eigenvalue weighted by molar-refractivity contribution is -0.0811. The maximum absolute atomic E-state index is 13.3. The number of methoxy groups -OCH3 is 2. The smallest absolute Gasteiger partial charge is 0.254 e. The van der Waals surface area contributed by atoms with E-state index >= 15 is 0 Å². The van der Waals surface area contributed by atoms with Gasteiger partial charge in [0.05, 0.1) is 33.5 Å². The number of carbonyl (C=O) groups excluding carboxylic acids is 1. The number of aryl methyl sites for hydroxylation is 1. The van der Waals surface area contributed by atoms with Gasteiger partial charge in [-0.2, -0.15) is 0 Å². The van der Waals surface area contributed by atoms with Crippen LogP contribution < -0.4 is 9.47 Å². The Hall–Kier alpha value is -2.57. The van der Waals surface area contributed by atoms with Gasteiger partial charge in [0.2, 0.25) is 0 Å². The summed E-state index contributed by atoms with van der Waals surface area (Å²) in [5.41, 5.74) is 2.68. The Morgan fingerprint density at radius 1 is 1.14 bits per heavy atom. The number of ether oxygens (including phenoxy) is 3. The van der Waals surface area contributed by atoms with Crippen molar-refractivity contribution in [3.63, 3.8) is 0 Å². The lowest BCUT2D eigenvalue weighted by Gasteiger charge is -2.41. The predicted molar refractivity (Wildman–Crippen MR) is 111 cm³/mol. The quantitative estimate of drug-likeness (QED) is 0.774. The fourth-order valence-electron chi connectivity index (χ4n) is 3.81. The lowest BCUT2D eigenvalue weighted by Crippen LogP contribution is -2.49. The first-order valence-corrected chi connectivity index (χ1v) is 9.97. The van der Waals surface area contributed by atoms with Crippen molar-refractivity contribution in [1.29, 1.82) is 0 Å². The summed E-state index contributed by atoms with van der Waals surface area (Å²) in [7, 11) is 3.15. The molecule has 6 heteroatoms. The molecule has 2 aromatic carbocycles. The Labute approximate surface area is 172 Å². The number of hydrogen-bond acceptors (Lipinski definition) is 5. The van der Waals surface area contributed by atoms with E-state index in [1.54, 1.807) is 25.2 Å². The molecule has 6 nitrogen and oxygen atoms in total. The minimum atomic E-state index is -0.509. The highest BCUT2D eigenvalue weighted by molar-refractivity contribution is 5.94. The molecule has 1 aliphatic heterocycles. The maximum Gasteiger partial charge on any atom is 0.254 e. The average molecular weight is 399 g/mol. The monoisotopic (exact) mass is 399 g/mol. The Balaban J connectivity index is 1.94. The highest BCUT2D eigenvalue weighted by atomic mass is 16.5. The molecule has 0 bridgehead atoms. The van der Waals surface area contributed by atoms with Gasteiger partial charge in [0.25, 0.3) is 5.91 Å². The molecule has 1 heterocycles. The molecule has 0 spiro atoms. The summed E-state index contributed by atoms with van der Waals surface area (Å²) in [5.74, 6) is 1.11.